The summed E-state index contributed by atoms with van der Waals surface area (Å²) >= 11 is 0. The van der Waals surface area contributed by atoms with Crippen LogP contribution in [0.5, 0.6) is 17.2 Å². The number of hydrogen-bond donors (Lipinski definition) is 2. The third kappa shape index (κ3) is 4.41. The summed E-state index contributed by atoms with van der Waals surface area (Å²) in [5, 5.41) is 0. The van der Waals surface area contributed by atoms with E-state index in [1.807, 2.05) is 5.43 Å². The van der Waals surface area contributed by atoms with E-state index in [2.05, 4.69) is 0 Å². The minimum atomic E-state index is -4.10. The van der Waals surface area contributed by atoms with E-state index in [9.17, 15) is 13.2 Å². The maximum absolute atomic E-state index is 13.2. The van der Waals surface area contributed by atoms with Crippen molar-refractivity contribution in [2.24, 2.45) is 5.84 Å². The van der Waals surface area contributed by atoms with Gasteiger partial charge in [-0.2, -0.15) is 0 Å². The highest BCUT2D eigenvalue weighted by Gasteiger charge is 2.28. The van der Waals surface area contributed by atoms with Gasteiger partial charge in [-0.25, -0.2) is 14.3 Å². The predicted octanol–water partition coefficient (Wildman–Crippen LogP) is 0.898. The molecule has 0 heterocycles. The summed E-state index contributed by atoms with van der Waals surface area (Å²) in [7, 11) is 0.245. The number of carbonyl (C=O) groups is 1. The number of anilines is 1. The highest BCUT2D eigenvalue weighted by molar-refractivity contribution is 7.92. The molecule has 0 saturated heterocycles. The van der Waals surface area contributed by atoms with Gasteiger partial charge in [0.2, 0.25) is 0 Å². The molecule has 2 rings (SSSR count). The second-order valence-corrected chi connectivity index (χ2v) is 7.16. The van der Waals surface area contributed by atoms with Crippen molar-refractivity contribution in [3.8, 4) is 17.2 Å². The molecule has 0 saturated carbocycles. The third-order valence-corrected chi connectivity index (χ3v) is 5.52. The summed E-state index contributed by atoms with van der Waals surface area (Å²) < 4.78 is 42.7. The van der Waals surface area contributed by atoms with Crippen LogP contribution in [-0.2, 0) is 14.8 Å². The second kappa shape index (κ2) is 8.60. The van der Waals surface area contributed by atoms with Gasteiger partial charge in [0, 0.05) is 6.07 Å². The quantitative estimate of drug-likeness (QED) is 0.387. The van der Waals surface area contributed by atoms with Crippen molar-refractivity contribution in [3.05, 3.63) is 42.5 Å². The molecular weight excluding hydrogens is 374 g/mol. The molecule has 0 fully saturated rings. The smallest absolute Gasteiger partial charge is 0.264 e. The highest BCUT2D eigenvalue weighted by atomic mass is 32.2. The van der Waals surface area contributed by atoms with Gasteiger partial charge in [-0.05, 0) is 36.4 Å². The lowest BCUT2D eigenvalue weighted by molar-refractivity contribution is -0.119. The average Bonchev–Trinajstić information content (AvgIpc) is 2.71. The first-order chi connectivity index (χ1) is 12.9. The number of rotatable bonds is 8. The van der Waals surface area contributed by atoms with Gasteiger partial charge in [-0.3, -0.25) is 14.5 Å². The fraction of sp³-hybridized carbons (Fsp3) is 0.235. The van der Waals surface area contributed by atoms with Crippen LogP contribution in [0.1, 0.15) is 0 Å². The molecule has 0 aliphatic carbocycles. The Labute approximate surface area is 157 Å². The van der Waals surface area contributed by atoms with Crippen LogP contribution in [0.25, 0.3) is 0 Å². The Hall–Kier alpha value is -2.98. The van der Waals surface area contributed by atoms with Crippen LogP contribution >= 0.6 is 0 Å². The van der Waals surface area contributed by atoms with Gasteiger partial charge >= 0.3 is 0 Å². The summed E-state index contributed by atoms with van der Waals surface area (Å²) in [6, 6.07) is 10.4. The van der Waals surface area contributed by atoms with Crippen LogP contribution in [-0.4, -0.2) is 42.2 Å². The van der Waals surface area contributed by atoms with Crippen molar-refractivity contribution in [2.75, 3.05) is 32.2 Å². The van der Waals surface area contributed by atoms with Crippen LogP contribution in [0.2, 0.25) is 0 Å². The first kappa shape index (κ1) is 20.3. The number of hydrogen-bond acceptors (Lipinski definition) is 7. The summed E-state index contributed by atoms with van der Waals surface area (Å²) in [4.78, 5) is 11.7. The third-order valence-electron chi connectivity index (χ3n) is 3.75. The van der Waals surface area contributed by atoms with Crippen molar-refractivity contribution in [1.29, 1.82) is 0 Å². The zero-order valence-electron chi connectivity index (χ0n) is 15.1. The lowest BCUT2D eigenvalue weighted by Crippen LogP contribution is -2.43. The van der Waals surface area contributed by atoms with Gasteiger partial charge in [0.05, 0.1) is 31.9 Å². The van der Waals surface area contributed by atoms with E-state index in [1.165, 1.54) is 51.7 Å². The van der Waals surface area contributed by atoms with E-state index in [0.29, 0.717) is 11.5 Å². The molecule has 0 unspecified atom stereocenters. The van der Waals surface area contributed by atoms with Crippen LogP contribution in [0.3, 0.4) is 0 Å². The molecule has 0 aromatic heterocycles. The summed E-state index contributed by atoms with van der Waals surface area (Å²) in [6.07, 6.45) is 0. The van der Waals surface area contributed by atoms with E-state index in [0.717, 1.165) is 4.31 Å². The standard InChI is InChI=1S/C17H21N3O6S/c1-24-13-6-4-12(5-7-13)20(11-17(21)19-18)27(22,23)14-8-9-15(25-2)16(10-14)26-3/h4-10H,11,18H2,1-3H3,(H,19,21). The SMILES string of the molecule is COc1ccc(N(CC(=O)NN)S(=O)(=O)c2ccc(OC)c(OC)c2)cc1. The van der Waals surface area contributed by atoms with Crippen molar-refractivity contribution in [2.45, 2.75) is 4.90 Å². The maximum Gasteiger partial charge on any atom is 0.264 e. The number of methoxy groups -OCH3 is 3. The lowest BCUT2D eigenvalue weighted by Gasteiger charge is -2.24. The molecule has 0 atom stereocenters. The number of nitrogens with one attached hydrogen (secondary N) is 1. The summed E-state index contributed by atoms with van der Waals surface area (Å²) in [6.45, 7) is -0.500. The zero-order valence-corrected chi connectivity index (χ0v) is 15.9. The van der Waals surface area contributed by atoms with E-state index in [1.54, 1.807) is 12.1 Å². The van der Waals surface area contributed by atoms with Gasteiger partial charge in [-0.15, -0.1) is 0 Å². The van der Waals surface area contributed by atoms with E-state index >= 15 is 0 Å². The molecule has 0 spiro atoms. The van der Waals surface area contributed by atoms with E-state index in [4.69, 9.17) is 20.1 Å². The fourth-order valence-corrected chi connectivity index (χ4v) is 3.78. The van der Waals surface area contributed by atoms with Crippen LogP contribution in [0.4, 0.5) is 5.69 Å². The van der Waals surface area contributed by atoms with Crippen molar-refractivity contribution < 1.29 is 27.4 Å². The Bertz CT molecular complexity index is 899. The molecule has 0 radical (unpaired) electrons. The summed E-state index contributed by atoms with van der Waals surface area (Å²) in [5.74, 6) is 5.64. The normalized spacial score (nSPS) is 10.8. The van der Waals surface area contributed by atoms with Crippen LogP contribution in [0, 0.1) is 0 Å². The minimum Gasteiger partial charge on any atom is -0.497 e. The van der Waals surface area contributed by atoms with Gasteiger partial charge < -0.3 is 14.2 Å². The van der Waals surface area contributed by atoms with Gasteiger partial charge in [0.1, 0.15) is 12.3 Å². The van der Waals surface area contributed by atoms with Gasteiger partial charge in [0.25, 0.3) is 15.9 Å². The molecule has 0 bridgehead atoms. The number of hydrazine groups is 1. The largest absolute Gasteiger partial charge is 0.497 e. The Kier molecular flexibility index (Phi) is 6.48. The first-order valence-electron chi connectivity index (χ1n) is 7.75. The molecule has 9 nitrogen and oxygen atoms in total. The monoisotopic (exact) mass is 395 g/mol. The van der Waals surface area contributed by atoms with Crippen molar-refractivity contribution in [3.63, 3.8) is 0 Å². The Morgan fingerprint density at radius 1 is 1.00 bits per heavy atom. The van der Waals surface area contributed by atoms with Crippen LogP contribution in [0.15, 0.2) is 47.4 Å². The second-order valence-electron chi connectivity index (χ2n) is 5.29. The molecule has 27 heavy (non-hydrogen) atoms. The molecule has 1 amide bonds. The molecule has 146 valence electrons. The first-order valence-corrected chi connectivity index (χ1v) is 9.19. The zero-order chi connectivity index (χ0) is 20.0. The highest BCUT2D eigenvalue weighted by Crippen LogP contribution is 2.32. The Morgan fingerprint density at radius 3 is 2.15 bits per heavy atom. The average molecular weight is 395 g/mol. The topological polar surface area (TPSA) is 120 Å². The summed E-state index contributed by atoms with van der Waals surface area (Å²) in [5.41, 5.74) is 2.21. The van der Waals surface area contributed by atoms with E-state index < -0.39 is 22.5 Å². The molecule has 3 N–H and O–H groups in total. The Morgan fingerprint density at radius 2 is 1.63 bits per heavy atom. The number of nitrogens with zero attached hydrogens (tertiary/aromatic N) is 1. The molecule has 0 aliphatic heterocycles. The number of nitrogens with two attached hydrogens (primary N) is 1. The molecule has 0 aliphatic rings. The maximum atomic E-state index is 13.2. The van der Waals surface area contributed by atoms with Crippen LogP contribution < -0.4 is 29.8 Å². The lowest BCUT2D eigenvalue weighted by atomic mass is 10.3. The van der Waals surface area contributed by atoms with Crippen molar-refractivity contribution in [1.82, 2.24) is 5.43 Å². The number of sulfonamides is 1. The number of ether oxygens (including phenoxy) is 3. The van der Waals surface area contributed by atoms with E-state index in [-0.39, 0.29) is 16.3 Å². The Balaban J connectivity index is 2.53. The molecule has 10 heteroatoms. The number of amides is 1. The minimum absolute atomic E-state index is 0.0687. The number of benzene rings is 2. The molecule has 2 aromatic carbocycles. The predicted molar refractivity (Wildman–Crippen MR) is 99.4 cm³/mol. The number of carbonyl (C=O) groups excluding carboxylic acids is 1. The fourth-order valence-electron chi connectivity index (χ4n) is 2.34. The molecule has 2 aromatic rings. The molecular formula is C17H21N3O6S. The van der Waals surface area contributed by atoms with Gasteiger partial charge in [-0.1, -0.05) is 0 Å². The van der Waals surface area contributed by atoms with Gasteiger partial charge in [0.15, 0.2) is 11.5 Å². The van der Waals surface area contributed by atoms with Crippen molar-refractivity contribution >= 4 is 21.6 Å².